The van der Waals surface area contributed by atoms with Crippen LogP contribution in [0.5, 0.6) is 0 Å². The van der Waals surface area contributed by atoms with E-state index in [2.05, 4.69) is 74.0 Å². The minimum absolute atomic E-state index is 0.821. The lowest BCUT2D eigenvalue weighted by Gasteiger charge is -2.07. The molecule has 0 fully saturated rings. The van der Waals surface area contributed by atoms with Crippen LogP contribution in [0.2, 0.25) is 0 Å². The maximum absolute atomic E-state index is 4.60. The first-order valence-corrected chi connectivity index (χ1v) is 10.0. The molecule has 0 saturated carbocycles. The highest BCUT2D eigenvalue weighted by atomic mass is 79.9. The van der Waals surface area contributed by atoms with Crippen LogP contribution in [-0.2, 0) is 6.54 Å². The Morgan fingerprint density at radius 1 is 1.22 bits per heavy atom. The average molecular weight is 404 g/mol. The van der Waals surface area contributed by atoms with Gasteiger partial charge < -0.3 is 4.57 Å². The van der Waals surface area contributed by atoms with E-state index in [1.165, 1.54) is 21.3 Å². The zero-order valence-electron chi connectivity index (χ0n) is 12.7. The van der Waals surface area contributed by atoms with Crippen molar-refractivity contribution in [2.45, 2.75) is 17.8 Å². The van der Waals surface area contributed by atoms with Crippen molar-refractivity contribution >= 4 is 60.3 Å². The van der Waals surface area contributed by atoms with Crippen LogP contribution in [0.25, 0.3) is 21.3 Å². The van der Waals surface area contributed by atoms with Crippen molar-refractivity contribution in [2.75, 3.05) is 6.26 Å². The van der Waals surface area contributed by atoms with Crippen LogP contribution in [0.15, 0.2) is 45.5 Å². The molecule has 0 N–H and O–H groups in total. The first kappa shape index (κ1) is 15.2. The molecule has 2 aromatic heterocycles. The largest absolute Gasteiger partial charge is 0.326 e. The summed E-state index contributed by atoms with van der Waals surface area (Å²) in [5.74, 6) is 0. The number of hydrogen-bond donors (Lipinski definition) is 0. The maximum atomic E-state index is 4.60. The summed E-state index contributed by atoms with van der Waals surface area (Å²) in [7, 11) is 0. The van der Waals surface area contributed by atoms with Crippen molar-refractivity contribution in [1.29, 1.82) is 0 Å². The van der Waals surface area contributed by atoms with Gasteiger partial charge in [-0.3, -0.25) is 0 Å². The molecule has 4 rings (SSSR count). The summed E-state index contributed by atoms with van der Waals surface area (Å²) >= 11 is 6.99. The normalized spacial score (nSPS) is 11.6. The van der Waals surface area contributed by atoms with E-state index in [1.807, 2.05) is 6.33 Å². The van der Waals surface area contributed by atoms with Gasteiger partial charge in [0.15, 0.2) is 4.34 Å². The Kier molecular flexibility index (Phi) is 3.91. The van der Waals surface area contributed by atoms with Crippen molar-refractivity contribution in [3.8, 4) is 0 Å². The van der Waals surface area contributed by atoms with Crippen molar-refractivity contribution in [3.05, 3.63) is 52.3 Å². The molecule has 116 valence electrons. The molecule has 3 nitrogen and oxygen atoms in total. The molecule has 0 aliphatic rings. The summed E-state index contributed by atoms with van der Waals surface area (Å²) in [5, 5.41) is 0. The summed E-state index contributed by atoms with van der Waals surface area (Å²) in [6.07, 6.45) is 3.99. The van der Waals surface area contributed by atoms with E-state index < -0.39 is 0 Å². The Balaban J connectivity index is 1.75. The van der Waals surface area contributed by atoms with Crippen LogP contribution in [0.1, 0.15) is 11.1 Å². The Morgan fingerprint density at radius 3 is 2.91 bits per heavy atom. The Labute approximate surface area is 150 Å². The number of hydrogen-bond acceptors (Lipinski definition) is 4. The lowest BCUT2D eigenvalue weighted by Crippen LogP contribution is -1.99. The molecular formula is C17H14BrN3S2. The monoisotopic (exact) mass is 403 g/mol. The highest BCUT2D eigenvalue weighted by molar-refractivity contribution is 9.10. The van der Waals surface area contributed by atoms with Crippen molar-refractivity contribution < 1.29 is 0 Å². The molecule has 0 radical (unpaired) electrons. The molecule has 0 aliphatic carbocycles. The third kappa shape index (κ3) is 2.79. The quantitative estimate of drug-likeness (QED) is 0.423. The SMILES string of the molecule is CSc1nc2ccc(Cn3cnc4cc(Br)cc(C)c43)cc2s1. The highest BCUT2D eigenvalue weighted by Crippen LogP contribution is 2.29. The van der Waals surface area contributed by atoms with E-state index in [4.69, 9.17) is 0 Å². The lowest BCUT2D eigenvalue weighted by molar-refractivity contribution is 0.823. The zero-order valence-corrected chi connectivity index (χ0v) is 15.9. The molecule has 0 spiro atoms. The van der Waals surface area contributed by atoms with Crippen molar-refractivity contribution in [2.24, 2.45) is 0 Å². The summed E-state index contributed by atoms with van der Waals surface area (Å²) in [4.78, 5) is 9.14. The van der Waals surface area contributed by atoms with Crippen LogP contribution in [0.4, 0.5) is 0 Å². The summed E-state index contributed by atoms with van der Waals surface area (Å²) in [6, 6.07) is 10.7. The summed E-state index contributed by atoms with van der Waals surface area (Å²) in [5.41, 5.74) is 5.81. The molecule has 2 heterocycles. The molecule has 6 heteroatoms. The fraction of sp³-hybridized carbons (Fsp3) is 0.176. The second-order valence-corrected chi connectivity index (χ2v) is 8.45. The number of aryl methyl sites for hydroxylation is 1. The van der Waals surface area contributed by atoms with Gasteiger partial charge >= 0.3 is 0 Å². The first-order chi connectivity index (χ1) is 11.1. The van der Waals surface area contributed by atoms with Crippen molar-refractivity contribution in [1.82, 2.24) is 14.5 Å². The van der Waals surface area contributed by atoms with Crippen LogP contribution >= 0.6 is 39.0 Å². The zero-order chi connectivity index (χ0) is 16.0. The number of benzene rings is 2. The number of halogens is 1. The van der Waals surface area contributed by atoms with E-state index in [9.17, 15) is 0 Å². The minimum atomic E-state index is 0.821. The molecular weight excluding hydrogens is 390 g/mol. The van der Waals surface area contributed by atoms with E-state index in [0.29, 0.717) is 0 Å². The third-order valence-electron chi connectivity index (χ3n) is 3.83. The van der Waals surface area contributed by atoms with Crippen LogP contribution in [-0.4, -0.2) is 20.8 Å². The van der Waals surface area contributed by atoms with E-state index in [1.54, 1.807) is 23.1 Å². The number of aromatic nitrogens is 3. The van der Waals surface area contributed by atoms with Gasteiger partial charge in [0, 0.05) is 11.0 Å². The molecule has 0 amide bonds. The van der Waals surface area contributed by atoms with E-state index in [-0.39, 0.29) is 0 Å². The number of nitrogens with zero attached hydrogens (tertiary/aromatic N) is 3. The smallest absolute Gasteiger partial charge is 0.150 e. The topological polar surface area (TPSA) is 30.7 Å². The van der Waals surface area contributed by atoms with E-state index >= 15 is 0 Å². The molecule has 0 atom stereocenters. The minimum Gasteiger partial charge on any atom is -0.326 e. The number of fused-ring (bicyclic) bond motifs is 2. The van der Waals surface area contributed by atoms with Gasteiger partial charge in [0.25, 0.3) is 0 Å². The van der Waals surface area contributed by atoms with Gasteiger partial charge in [-0.1, -0.05) is 33.8 Å². The fourth-order valence-electron chi connectivity index (χ4n) is 2.83. The number of rotatable bonds is 3. The number of imidazole rings is 1. The molecule has 23 heavy (non-hydrogen) atoms. The van der Waals surface area contributed by atoms with Gasteiger partial charge in [-0.2, -0.15) is 0 Å². The van der Waals surface area contributed by atoms with Gasteiger partial charge in [0.05, 0.1) is 27.6 Å². The third-order valence-corrected chi connectivity index (χ3v) is 6.29. The lowest BCUT2D eigenvalue weighted by atomic mass is 10.2. The average Bonchev–Trinajstić information content (AvgIpc) is 3.10. The fourth-order valence-corrected chi connectivity index (χ4v) is 4.94. The first-order valence-electron chi connectivity index (χ1n) is 7.18. The Hall–Kier alpha value is -1.37. The molecule has 2 aromatic carbocycles. The standard InChI is InChI=1S/C17H14BrN3S2/c1-10-5-12(18)7-14-16(10)21(9-19-14)8-11-3-4-13-15(6-11)23-17(20-13)22-2/h3-7,9H,8H2,1-2H3. The van der Waals surface area contributed by atoms with Gasteiger partial charge in [-0.15, -0.1) is 11.3 Å². The summed E-state index contributed by atoms with van der Waals surface area (Å²) < 4.78 is 5.65. The number of thioether (sulfide) groups is 1. The van der Waals surface area contributed by atoms with E-state index in [0.717, 1.165) is 26.4 Å². The molecule has 0 aliphatic heterocycles. The Bertz CT molecular complexity index is 1020. The van der Waals surface area contributed by atoms with Gasteiger partial charge in [0.1, 0.15) is 0 Å². The van der Waals surface area contributed by atoms with Crippen molar-refractivity contribution in [3.63, 3.8) is 0 Å². The van der Waals surface area contributed by atoms with Crippen LogP contribution in [0, 0.1) is 6.92 Å². The van der Waals surface area contributed by atoms with Crippen LogP contribution < -0.4 is 0 Å². The van der Waals surface area contributed by atoms with Gasteiger partial charge in [-0.25, -0.2) is 9.97 Å². The predicted molar refractivity (Wildman–Crippen MR) is 103 cm³/mol. The maximum Gasteiger partial charge on any atom is 0.150 e. The Morgan fingerprint density at radius 2 is 2.09 bits per heavy atom. The number of thiazole rings is 1. The molecule has 0 unspecified atom stereocenters. The predicted octanol–water partition coefficient (Wildman–Crippen LogP) is 5.49. The second kappa shape index (κ2) is 5.92. The van der Waals surface area contributed by atoms with Crippen LogP contribution in [0.3, 0.4) is 0 Å². The van der Waals surface area contributed by atoms with Gasteiger partial charge in [0.2, 0.25) is 0 Å². The second-order valence-electron chi connectivity index (χ2n) is 5.45. The summed E-state index contributed by atoms with van der Waals surface area (Å²) in [6.45, 7) is 2.95. The molecule has 0 saturated heterocycles. The molecule has 4 aromatic rings. The molecule has 0 bridgehead atoms. The van der Waals surface area contributed by atoms with Gasteiger partial charge in [-0.05, 0) is 48.6 Å². The highest BCUT2D eigenvalue weighted by Gasteiger charge is 2.09.